The molecule has 3 amide bonds. The summed E-state index contributed by atoms with van der Waals surface area (Å²) in [5, 5.41) is 10.1. The standard InChI is InChI=1S/C22H17N5O5S/c28-20(16-12-27(25-24-16)15-4-2-1-3-5-15)23-8-9-26-21(29)19(33-22(26)30)11-14-6-7-17-18(10-14)32-13-31-17/h1-7,10-12H,8-9,13H2,(H,23,28)/b19-11-. The van der Waals surface area contributed by atoms with Gasteiger partial charge in [0.15, 0.2) is 17.2 Å². The van der Waals surface area contributed by atoms with E-state index in [9.17, 15) is 14.4 Å². The van der Waals surface area contributed by atoms with Crippen molar-refractivity contribution in [2.24, 2.45) is 0 Å². The fraction of sp³-hybridized carbons (Fsp3) is 0.136. The Bertz CT molecular complexity index is 1270. The van der Waals surface area contributed by atoms with E-state index in [0.717, 1.165) is 27.9 Å². The highest BCUT2D eigenvalue weighted by Gasteiger charge is 2.34. The first-order chi connectivity index (χ1) is 16.1. The van der Waals surface area contributed by atoms with E-state index in [1.807, 2.05) is 30.3 Å². The van der Waals surface area contributed by atoms with Gasteiger partial charge in [-0.15, -0.1) is 5.10 Å². The summed E-state index contributed by atoms with van der Waals surface area (Å²) in [6, 6.07) is 14.6. The highest BCUT2D eigenvalue weighted by Crippen LogP contribution is 2.36. The van der Waals surface area contributed by atoms with Crippen LogP contribution in [0, 0.1) is 0 Å². The van der Waals surface area contributed by atoms with E-state index < -0.39 is 17.1 Å². The van der Waals surface area contributed by atoms with E-state index in [1.165, 1.54) is 10.9 Å². The molecule has 3 heterocycles. The quantitative estimate of drug-likeness (QED) is 0.555. The smallest absolute Gasteiger partial charge is 0.293 e. The predicted molar refractivity (Wildman–Crippen MR) is 119 cm³/mol. The molecule has 0 aliphatic carbocycles. The Kier molecular flexibility index (Phi) is 5.53. The highest BCUT2D eigenvalue weighted by atomic mass is 32.2. The summed E-state index contributed by atoms with van der Waals surface area (Å²) in [6.45, 7) is 0.289. The molecule has 1 N–H and O–H groups in total. The lowest BCUT2D eigenvalue weighted by molar-refractivity contribution is -0.122. The van der Waals surface area contributed by atoms with Gasteiger partial charge < -0.3 is 14.8 Å². The number of carbonyl (C=O) groups excluding carboxylic acids is 3. The number of thioether (sulfide) groups is 1. The van der Waals surface area contributed by atoms with Crippen molar-refractivity contribution < 1.29 is 23.9 Å². The van der Waals surface area contributed by atoms with E-state index in [0.29, 0.717) is 16.4 Å². The number of rotatable bonds is 6. The lowest BCUT2D eigenvalue weighted by Gasteiger charge is -2.12. The SMILES string of the molecule is O=C(NCCN1C(=O)S/C(=C\c2ccc3c(c2)OCO3)C1=O)c1cn(-c2ccccc2)nn1. The highest BCUT2D eigenvalue weighted by molar-refractivity contribution is 8.18. The number of nitrogens with zero attached hydrogens (tertiary/aromatic N) is 4. The maximum Gasteiger partial charge on any atom is 0.293 e. The summed E-state index contributed by atoms with van der Waals surface area (Å²) < 4.78 is 12.1. The normalized spacial score (nSPS) is 16.0. The minimum absolute atomic E-state index is 0.0434. The van der Waals surface area contributed by atoms with Gasteiger partial charge in [0.2, 0.25) is 6.79 Å². The number of benzene rings is 2. The molecule has 33 heavy (non-hydrogen) atoms. The maximum absolute atomic E-state index is 12.7. The first-order valence-electron chi connectivity index (χ1n) is 9.99. The van der Waals surface area contributed by atoms with Crippen LogP contribution in [-0.2, 0) is 4.79 Å². The van der Waals surface area contributed by atoms with Crippen LogP contribution in [-0.4, -0.2) is 56.8 Å². The van der Waals surface area contributed by atoms with Crippen LogP contribution in [0.15, 0.2) is 59.6 Å². The third-order valence-electron chi connectivity index (χ3n) is 4.94. The van der Waals surface area contributed by atoms with Gasteiger partial charge in [-0.2, -0.15) is 0 Å². The van der Waals surface area contributed by atoms with Gasteiger partial charge in [-0.3, -0.25) is 19.3 Å². The van der Waals surface area contributed by atoms with Crippen LogP contribution in [0.3, 0.4) is 0 Å². The molecule has 166 valence electrons. The average Bonchev–Trinajstić information content (AvgIpc) is 3.55. The minimum Gasteiger partial charge on any atom is -0.454 e. The number of hydrogen-bond donors (Lipinski definition) is 1. The minimum atomic E-state index is -0.444. The van der Waals surface area contributed by atoms with Gasteiger partial charge in [-0.05, 0) is 47.7 Å². The molecule has 2 aliphatic heterocycles. The Morgan fingerprint density at radius 3 is 2.79 bits per heavy atom. The monoisotopic (exact) mass is 463 g/mol. The number of amides is 3. The van der Waals surface area contributed by atoms with Gasteiger partial charge in [0.25, 0.3) is 17.1 Å². The number of ether oxygens (including phenoxy) is 2. The molecule has 3 aromatic rings. The average molecular weight is 463 g/mol. The summed E-state index contributed by atoms with van der Waals surface area (Å²) in [6.07, 6.45) is 3.15. The summed E-state index contributed by atoms with van der Waals surface area (Å²) in [5.41, 5.74) is 1.63. The molecule has 0 spiro atoms. The lowest BCUT2D eigenvalue weighted by atomic mass is 10.2. The first kappa shape index (κ1) is 20.8. The molecule has 2 aromatic carbocycles. The number of imide groups is 1. The van der Waals surface area contributed by atoms with Gasteiger partial charge in [0, 0.05) is 13.1 Å². The summed E-state index contributed by atoms with van der Waals surface area (Å²) in [5.74, 6) is 0.377. The largest absolute Gasteiger partial charge is 0.454 e. The molecule has 1 fully saturated rings. The molecule has 2 aliphatic rings. The van der Waals surface area contributed by atoms with Crippen LogP contribution in [0.25, 0.3) is 11.8 Å². The second kappa shape index (κ2) is 8.79. The molecule has 1 saturated heterocycles. The van der Waals surface area contributed by atoms with Gasteiger partial charge in [-0.1, -0.05) is 29.5 Å². The van der Waals surface area contributed by atoms with Crippen LogP contribution in [0.2, 0.25) is 0 Å². The number of hydrogen-bond acceptors (Lipinski definition) is 8. The predicted octanol–water partition coefficient (Wildman–Crippen LogP) is 2.46. The van der Waals surface area contributed by atoms with Gasteiger partial charge >= 0.3 is 0 Å². The van der Waals surface area contributed by atoms with Crippen molar-refractivity contribution in [3.05, 3.63) is 70.9 Å². The molecule has 0 bridgehead atoms. The molecule has 0 radical (unpaired) electrons. The molecule has 1 aromatic heterocycles. The van der Waals surface area contributed by atoms with Crippen molar-refractivity contribution in [2.45, 2.75) is 0 Å². The zero-order chi connectivity index (χ0) is 22.8. The van der Waals surface area contributed by atoms with Crippen LogP contribution in [0.5, 0.6) is 11.5 Å². The molecule has 0 atom stereocenters. The molecule has 5 rings (SSSR count). The van der Waals surface area contributed by atoms with Crippen molar-refractivity contribution >= 4 is 34.9 Å². The van der Waals surface area contributed by atoms with Gasteiger partial charge in [0.1, 0.15) is 0 Å². The van der Waals surface area contributed by atoms with Crippen LogP contribution < -0.4 is 14.8 Å². The number of fused-ring (bicyclic) bond motifs is 1. The number of para-hydroxylation sites is 1. The second-order valence-electron chi connectivity index (χ2n) is 7.09. The zero-order valence-electron chi connectivity index (χ0n) is 17.1. The van der Waals surface area contributed by atoms with Crippen molar-refractivity contribution in [3.63, 3.8) is 0 Å². The first-order valence-corrected chi connectivity index (χ1v) is 10.8. The van der Waals surface area contributed by atoms with Crippen LogP contribution in [0.1, 0.15) is 16.1 Å². The second-order valence-corrected chi connectivity index (χ2v) is 8.08. The fourth-order valence-corrected chi connectivity index (χ4v) is 4.16. The van der Waals surface area contributed by atoms with E-state index in [4.69, 9.17) is 9.47 Å². The van der Waals surface area contributed by atoms with E-state index in [1.54, 1.807) is 24.3 Å². The number of nitrogens with one attached hydrogen (secondary N) is 1. The van der Waals surface area contributed by atoms with Crippen molar-refractivity contribution in [2.75, 3.05) is 19.9 Å². The third kappa shape index (κ3) is 4.30. The maximum atomic E-state index is 12.7. The zero-order valence-corrected chi connectivity index (χ0v) is 17.9. The van der Waals surface area contributed by atoms with Gasteiger partial charge in [0.05, 0.1) is 16.8 Å². The van der Waals surface area contributed by atoms with E-state index in [2.05, 4.69) is 15.6 Å². The summed E-state index contributed by atoms with van der Waals surface area (Å²) >= 11 is 0.854. The van der Waals surface area contributed by atoms with E-state index in [-0.39, 0.29) is 25.6 Å². The Morgan fingerprint density at radius 2 is 1.94 bits per heavy atom. The Labute approximate surface area is 192 Å². The molecule has 0 saturated carbocycles. The molecule has 0 unspecified atom stereocenters. The Hall–Kier alpha value is -4.12. The molecular formula is C22H17N5O5S. The topological polar surface area (TPSA) is 116 Å². The lowest BCUT2D eigenvalue weighted by Crippen LogP contribution is -2.37. The Morgan fingerprint density at radius 1 is 1.12 bits per heavy atom. The van der Waals surface area contributed by atoms with E-state index >= 15 is 0 Å². The van der Waals surface area contributed by atoms with Crippen molar-refractivity contribution in [3.8, 4) is 17.2 Å². The van der Waals surface area contributed by atoms with Crippen molar-refractivity contribution in [1.82, 2.24) is 25.2 Å². The summed E-state index contributed by atoms with van der Waals surface area (Å²) in [4.78, 5) is 38.8. The van der Waals surface area contributed by atoms with Crippen molar-refractivity contribution in [1.29, 1.82) is 0 Å². The van der Waals surface area contributed by atoms with Crippen LogP contribution >= 0.6 is 11.8 Å². The van der Waals surface area contributed by atoms with Gasteiger partial charge in [-0.25, -0.2) is 4.68 Å². The third-order valence-corrected chi connectivity index (χ3v) is 5.84. The number of aromatic nitrogens is 3. The van der Waals surface area contributed by atoms with Crippen LogP contribution in [0.4, 0.5) is 4.79 Å². The molecule has 10 nitrogen and oxygen atoms in total. The number of carbonyl (C=O) groups is 3. The Balaban J connectivity index is 1.18. The summed E-state index contributed by atoms with van der Waals surface area (Å²) in [7, 11) is 0. The molecular weight excluding hydrogens is 446 g/mol. The molecule has 11 heteroatoms. The fourth-order valence-electron chi connectivity index (χ4n) is 3.29.